The monoisotopic (exact) mass is 439 g/mol. The van der Waals surface area contributed by atoms with E-state index >= 15 is 0 Å². The molecule has 1 aliphatic heterocycles. The Morgan fingerprint density at radius 2 is 2.00 bits per heavy atom. The zero-order valence-electron chi connectivity index (χ0n) is 17.8. The molecule has 0 radical (unpaired) electrons. The van der Waals surface area contributed by atoms with Crippen LogP contribution in [0.5, 0.6) is 0 Å². The molecule has 0 atom stereocenters. The van der Waals surface area contributed by atoms with Gasteiger partial charge in [0, 0.05) is 30.1 Å². The fraction of sp³-hybridized carbons (Fsp3) is 0.391. The number of fused-ring (bicyclic) bond motifs is 1. The van der Waals surface area contributed by atoms with Crippen LogP contribution in [0.4, 0.5) is 0 Å². The first-order valence-corrected chi connectivity index (χ1v) is 10.9. The smallest absolute Gasteiger partial charge is 0.275 e. The van der Waals surface area contributed by atoms with Gasteiger partial charge in [0.1, 0.15) is 0 Å². The van der Waals surface area contributed by atoms with Crippen LogP contribution >= 0.6 is 11.6 Å². The molecule has 1 fully saturated rings. The Hall–Kier alpha value is -2.77. The fourth-order valence-corrected chi connectivity index (χ4v) is 4.44. The predicted octanol–water partition coefficient (Wildman–Crippen LogP) is 2.95. The number of hydrogen-bond acceptors (Lipinski definition) is 5. The van der Waals surface area contributed by atoms with Crippen molar-refractivity contribution < 1.29 is 0 Å². The molecule has 8 heteroatoms. The lowest BCUT2D eigenvalue weighted by molar-refractivity contribution is 0.201. The highest BCUT2D eigenvalue weighted by atomic mass is 35.5. The summed E-state index contributed by atoms with van der Waals surface area (Å²) in [6.07, 6.45) is 10.6. The van der Waals surface area contributed by atoms with Crippen LogP contribution in [0.15, 0.2) is 40.2 Å². The Labute approximate surface area is 185 Å². The molecule has 3 aromatic rings. The van der Waals surface area contributed by atoms with Gasteiger partial charge in [-0.2, -0.15) is 10.2 Å². The van der Waals surface area contributed by atoms with Gasteiger partial charge in [0.05, 0.1) is 22.8 Å². The number of aromatic amines is 1. The van der Waals surface area contributed by atoms with E-state index in [0.29, 0.717) is 21.9 Å². The van der Waals surface area contributed by atoms with Crippen molar-refractivity contribution in [2.75, 3.05) is 19.6 Å². The summed E-state index contributed by atoms with van der Waals surface area (Å²) in [5.41, 5.74) is 2.38. The van der Waals surface area contributed by atoms with Crippen LogP contribution in [0.2, 0.25) is 5.02 Å². The molecule has 0 aliphatic carbocycles. The highest BCUT2D eigenvalue weighted by Crippen LogP contribution is 2.28. The van der Waals surface area contributed by atoms with Crippen LogP contribution in [0, 0.1) is 12.8 Å². The Morgan fingerprint density at radius 1 is 1.23 bits per heavy atom. The maximum absolute atomic E-state index is 12.5. The number of piperidine rings is 1. The molecule has 0 amide bonds. The highest BCUT2D eigenvalue weighted by molar-refractivity contribution is 6.35. The van der Waals surface area contributed by atoms with E-state index in [4.69, 9.17) is 11.6 Å². The zero-order valence-corrected chi connectivity index (χ0v) is 18.5. The Morgan fingerprint density at radius 3 is 2.77 bits per heavy atom. The molecular weight excluding hydrogens is 414 g/mol. The summed E-state index contributed by atoms with van der Waals surface area (Å²) >= 11 is 6.30. The van der Waals surface area contributed by atoms with E-state index < -0.39 is 0 Å². The third kappa shape index (κ3) is 4.62. The molecule has 0 saturated carbocycles. The van der Waals surface area contributed by atoms with Crippen LogP contribution in [0.3, 0.4) is 0 Å². The molecule has 1 aromatic carbocycles. The van der Waals surface area contributed by atoms with Gasteiger partial charge in [-0.15, -0.1) is 0 Å². The summed E-state index contributed by atoms with van der Waals surface area (Å²) in [6.45, 7) is 4.70. The van der Waals surface area contributed by atoms with Crippen molar-refractivity contribution in [2.24, 2.45) is 13.0 Å². The summed E-state index contributed by atoms with van der Waals surface area (Å²) in [5.74, 6) is 0.563. The molecule has 1 aliphatic rings. The van der Waals surface area contributed by atoms with Crippen LogP contribution in [0.1, 0.15) is 29.5 Å². The lowest BCUT2D eigenvalue weighted by Gasteiger charge is -2.31. The molecule has 0 bridgehead atoms. The van der Waals surface area contributed by atoms with Gasteiger partial charge in [-0.3, -0.25) is 14.5 Å². The molecule has 1 saturated heterocycles. The average Bonchev–Trinajstić information content (AvgIpc) is 2.76. The predicted molar refractivity (Wildman–Crippen MR) is 123 cm³/mol. The van der Waals surface area contributed by atoms with Crippen molar-refractivity contribution >= 4 is 28.4 Å². The second kappa shape index (κ2) is 9.16. The molecule has 7 nitrogen and oxygen atoms in total. The summed E-state index contributed by atoms with van der Waals surface area (Å²) in [4.78, 5) is 26.5. The normalized spacial score (nSPS) is 15.8. The number of nitrogens with one attached hydrogen (secondary N) is 1. The van der Waals surface area contributed by atoms with Crippen LogP contribution in [-0.4, -0.2) is 44.5 Å². The number of hydrogen-bond donors (Lipinski definition) is 1. The fourth-order valence-electron chi connectivity index (χ4n) is 4.19. The topological polar surface area (TPSA) is 83.9 Å². The third-order valence-electron chi connectivity index (χ3n) is 6.17. The van der Waals surface area contributed by atoms with Gasteiger partial charge in [-0.1, -0.05) is 29.8 Å². The van der Waals surface area contributed by atoms with Crippen molar-refractivity contribution in [3.05, 3.63) is 73.0 Å². The average molecular weight is 440 g/mol. The third-order valence-corrected chi connectivity index (χ3v) is 6.49. The lowest BCUT2D eigenvalue weighted by Crippen LogP contribution is -2.34. The number of nitrogens with zero attached hydrogens (tertiary/aromatic N) is 4. The van der Waals surface area contributed by atoms with Crippen molar-refractivity contribution in [2.45, 2.75) is 26.2 Å². The van der Waals surface area contributed by atoms with Crippen molar-refractivity contribution in [3.63, 3.8) is 0 Å². The first kappa shape index (κ1) is 21.5. The summed E-state index contributed by atoms with van der Waals surface area (Å²) in [5, 5.41) is 12.4. The molecule has 3 heterocycles. The van der Waals surface area contributed by atoms with E-state index in [1.165, 1.54) is 4.68 Å². The lowest BCUT2D eigenvalue weighted by atomic mass is 9.88. The van der Waals surface area contributed by atoms with Gasteiger partial charge in [0.15, 0.2) is 0 Å². The number of H-pyrrole nitrogens is 1. The van der Waals surface area contributed by atoms with Crippen LogP contribution in [-0.2, 0) is 13.5 Å². The van der Waals surface area contributed by atoms with Gasteiger partial charge in [0.2, 0.25) is 0 Å². The van der Waals surface area contributed by atoms with Crippen LogP contribution < -0.4 is 11.1 Å². The Balaban J connectivity index is 1.38. The van der Waals surface area contributed by atoms with E-state index in [9.17, 15) is 9.59 Å². The maximum atomic E-state index is 12.5. The first-order chi connectivity index (χ1) is 14.9. The maximum Gasteiger partial charge on any atom is 0.275 e. The van der Waals surface area contributed by atoms with Gasteiger partial charge < -0.3 is 0 Å². The minimum atomic E-state index is -0.156. The molecule has 4 rings (SSSR count). The summed E-state index contributed by atoms with van der Waals surface area (Å²) in [7, 11) is 1.64. The molecule has 1 N–H and O–H groups in total. The zero-order chi connectivity index (χ0) is 22.0. The number of aryl methyl sites for hydroxylation is 1. The Kier molecular flexibility index (Phi) is 6.34. The largest absolute Gasteiger partial charge is 0.300 e. The number of benzene rings is 1. The van der Waals surface area contributed by atoms with E-state index in [0.717, 1.165) is 55.4 Å². The molecule has 0 unspecified atom stereocenters. The van der Waals surface area contributed by atoms with Gasteiger partial charge in [-0.05, 0) is 56.8 Å². The van der Waals surface area contributed by atoms with Gasteiger partial charge in [-0.25, -0.2) is 9.78 Å². The first-order valence-electron chi connectivity index (χ1n) is 10.5. The van der Waals surface area contributed by atoms with Crippen LogP contribution in [0.25, 0.3) is 16.8 Å². The minimum absolute atomic E-state index is 0.147. The summed E-state index contributed by atoms with van der Waals surface area (Å²) in [6, 6.07) is 3.85. The number of aromatic nitrogens is 4. The van der Waals surface area contributed by atoms with Gasteiger partial charge in [0.25, 0.3) is 11.1 Å². The Bertz CT molecular complexity index is 1240. The van der Waals surface area contributed by atoms with E-state index in [-0.39, 0.29) is 11.1 Å². The van der Waals surface area contributed by atoms with E-state index in [2.05, 4.69) is 26.3 Å². The minimum Gasteiger partial charge on any atom is -0.300 e. The SMILES string of the molecule is Cc1c(/C=C/CN2CCC(Cc3ccc(Cl)c4c(=O)n(C)ncc34)CC2)cn[nH]c1=O. The number of rotatable bonds is 5. The molecule has 31 heavy (non-hydrogen) atoms. The van der Waals surface area contributed by atoms with Gasteiger partial charge >= 0.3 is 0 Å². The van der Waals surface area contributed by atoms with E-state index in [1.807, 2.05) is 18.2 Å². The number of likely N-dealkylation sites (tertiary alicyclic amines) is 1. The quantitative estimate of drug-likeness (QED) is 0.660. The molecular formula is C23H26ClN5O2. The standard InChI is InChI=1S/C23H26ClN5O2/c1-15-18(13-25-27-22(15)30)4-3-9-29-10-7-16(8-11-29)12-17-5-6-20(24)21-19(17)14-26-28(2)23(21)31/h3-6,13-14,16H,7-12H2,1-2H3,(H,27,30)/b4-3+. The van der Waals surface area contributed by atoms with Crippen molar-refractivity contribution in [3.8, 4) is 0 Å². The van der Waals surface area contributed by atoms with Crippen molar-refractivity contribution in [1.29, 1.82) is 0 Å². The molecule has 0 spiro atoms. The summed E-state index contributed by atoms with van der Waals surface area (Å²) < 4.78 is 1.33. The highest BCUT2D eigenvalue weighted by Gasteiger charge is 2.20. The van der Waals surface area contributed by atoms with Crippen molar-refractivity contribution in [1.82, 2.24) is 24.9 Å². The second-order valence-corrected chi connectivity index (χ2v) is 8.61. The molecule has 162 valence electrons. The number of halogens is 1. The molecule has 2 aromatic heterocycles. The van der Waals surface area contributed by atoms with E-state index in [1.54, 1.807) is 26.4 Å². The second-order valence-electron chi connectivity index (χ2n) is 8.20.